The monoisotopic (exact) mass is 323 g/mol. The van der Waals surface area contributed by atoms with E-state index in [1.165, 1.54) is 31.2 Å². The lowest BCUT2D eigenvalue weighted by Gasteiger charge is -2.21. The Morgan fingerprint density at radius 1 is 1.04 bits per heavy atom. The predicted molar refractivity (Wildman–Crippen MR) is 98.4 cm³/mol. The van der Waals surface area contributed by atoms with Crippen LogP contribution < -0.4 is 10.2 Å². The largest absolute Gasteiger partial charge is 0.357 e. The molecule has 4 heteroatoms. The van der Waals surface area contributed by atoms with Gasteiger partial charge in [0, 0.05) is 13.1 Å². The molecule has 0 saturated carbocycles. The Morgan fingerprint density at radius 2 is 1.75 bits per heavy atom. The van der Waals surface area contributed by atoms with Crippen LogP contribution in [-0.4, -0.2) is 24.0 Å². The number of carbonyl (C=O) groups is 1. The second-order valence-corrected chi connectivity index (χ2v) is 6.52. The van der Waals surface area contributed by atoms with Gasteiger partial charge in [-0.05, 0) is 37.5 Å². The van der Waals surface area contributed by atoms with Gasteiger partial charge in [0.25, 0.3) is 0 Å². The second kappa shape index (κ2) is 7.95. The van der Waals surface area contributed by atoms with E-state index in [0.717, 1.165) is 30.2 Å². The molecule has 1 amide bonds. The van der Waals surface area contributed by atoms with E-state index in [1.54, 1.807) is 6.20 Å². The molecule has 0 bridgehead atoms. The van der Waals surface area contributed by atoms with Gasteiger partial charge >= 0.3 is 0 Å². The van der Waals surface area contributed by atoms with Crippen molar-refractivity contribution < 1.29 is 4.79 Å². The number of amides is 1. The zero-order valence-electron chi connectivity index (χ0n) is 14.3. The molecular weight excluding hydrogens is 298 g/mol. The van der Waals surface area contributed by atoms with Gasteiger partial charge in [0.15, 0.2) is 0 Å². The Bertz CT molecular complexity index is 656. The van der Waals surface area contributed by atoms with Crippen LogP contribution in [0.3, 0.4) is 0 Å². The highest BCUT2D eigenvalue weighted by Crippen LogP contribution is 2.19. The average molecular weight is 323 g/mol. The fourth-order valence-electron chi connectivity index (χ4n) is 3.04. The fraction of sp³-hybridized carbons (Fsp3) is 0.400. The lowest BCUT2D eigenvalue weighted by atomic mass is 10.1. The molecule has 0 aliphatic carbocycles. The minimum absolute atomic E-state index is 0.0109. The van der Waals surface area contributed by atoms with E-state index in [2.05, 4.69) is 15.2 Å². The van der Waals surface area contributed by atoms with Crippen LogP contribution in [0.2, 0.25) is 0 Å². The zero-order chi connectivity index (χ0) is 16.8. The van der Waals surface area contributed by atoms with E-state index in [-0.39, 0.29) is 5.91 Å². The number of nitrogens with zero attached hydrogens (tertiary/aromatic N) is 2. The number of hydrogen-bond acceptors (Lipinski definition) is 3. The molecule has 3 rings (SSSR count). The van der Waals surface area contributed by atoms with Crippen molar-refractivity contribution >= 4 is 17.4 Å². The predicted octanol–water partition coefficient (Wildman–Crippen LogP) is 3.95. The van der Waals surface area contributed by atoms with Gasteiger partial charge in [-0.25, -0.2) is 4.98 Å². The molecule has 1 fully saturated rings. The van der Waals surface area contributed by atoms with Crippen molar-refractivity contribution in [1.29, 1.82) is 0 Å². The van der Waals surface area contributed by atoms with Gasteiger partial charge in [0.1, 0.15) is 5.82 Å². The van der Waals surface area contributed by atoms with Gasteiger partial charge in [0.2, 0.25) is 5.91 Å². The first-order valence-electron chi connectivity index (χ1n) is 8.77. The van der Waals surface area contributed by atoms with E-state index >= 15 is 0 Å². The van der Waals surface area contributed by atoms with Crippen molar-refractivity contribution in [3.8, 4) is 0 Å². The standard InChI is InChI=1S/C20H25N3O/c1-16-6-8-17(9-7-16)14-20(24)22-18-10-11-19(21-15-18)23-12-4-2-3-5-13-23/h6-11,15H,2-5,12-14H2,1H3,(H,22,24). The van der Waals surface area contributed by atoms with Crippen LogP contribution in [-0.2, 0) is 11.2 Å². The SMILES string of the molecule is Cc1ccc(CC(=O)Nc2ccc(N3CCCCCC3)nc2)cc1. The van der Waals surface area contributed by atoms with E-state index in [0.29, 0.717) is 6.42 Å². The van der Waals surface area contributed by atoms with Crippen LogP contribution in [0.25, 0.3) is 0 Å². The van der Waals surface area contributed by atoms with Crippen molar-refractivity contribution in [2.75, 3.05) is 23.3 Å². The third-order valence-electron chi connectivity index (χ3n) is 4.45. The van der Waals surface area contributed by atoms with Crippen molar-refractivity contribution in [3.05, 3.63) is 53.7 Å². The molecule has 0 unspecified atom stereocenters. The Morgan fingerprint density at radius 3 is 2.38 bits per heavy atom. The number of nitrogens with one attached hydrogen (secondary N) is 1. The summed E-state index contributed by atoms with van der Waals surface area (Å²) in [6.45, 7) is 4.19. The van der Waals surface area contributed by atoms with Gasteiger partial charge < -0.3 is 10.2 Å². The summed E-state index contributed by atoms with van der Waals surface area (Å²) in [7, 11) is 0. The van der Waals surface area contributed by atoms with Crippen LogP contribution in [0.4, 0.5) is 11.5 Å². The van der Waals surface area contributed by atoms with Crippen LogP contribution >= 0.6 is 0 Å². The molecule has 1 aromatic carbocycles. The summed E-state index contributed by atoms with van der Waals surface area (Å²) in [5.74, 6) is 0.997. The Labute approximate surface area is 143 Å². The zero-order valence-corrected chi connectivity index (χ0v) is 14.3. The molecule has 126 valence electrons. The lowest BCUT2D eigenvalue weighted by Crippen LogP contribution is -2.24. The maximum absolute atomic E-state index is 12.1. The molecule has 1 N–H and O–H groups in total. The maximum atomic E-state index is 12.1. The third-order valence-corrected chi connectivity index (χ3v) is 4.45. The summed E-state index contributed by atoms with van der Waals surface area (Å²) in [4.78, 5) is 19.0. The molecule has 0 radical (unpaired) electrons. The number of benzene rings is 1. The van der Waals surface area contributed by atoms with Crippen molar-refractivity contribution in [1.82, 2.24) is 4.98 Å². The van der Waals surface area contributed by atoms with E-state index in [1.807, 2.05) is 43.3 Å². The molecular formula is C20H25N3O. The molecule has 2 heterocycles. The van der Waals surface area contributed by atoms with Crippen molar-refractivity contribution in [2.24, 2.45) is 0 Å². The summed E-state index contributed by atoms with van der Waals surface area (Å²) >= 11 is 0. The fourth-order valence-corrected chi connectivity index (χ4v) is 3.04. The third kappa shape index (κ3) is 4.57. The first-order valence-corrected chi connectivity index (χ1v) is 8.77. The molecule has 0 spiro atoms. The average Bonchev–Trinajstić information content (AvgIpc) is 2.87. The Kier molecular flexibility index (Phi) is 5.47. The van der Waals surface area contributed by atoms with Crippen LogP contribution in [0.5, 0.6) is 0 Å². The summed E-state index contributed by atoms with van der Waals surface area (Å²) < 4.78 is 0. The topological polar surface area (TPSA) is 45.2 Å². The summed E-state index contributed by atoms with van der Waals surface area (Å²) in [6.07, 6.45) is 7.22. The van der Waals surface area contributed by atoms with Gasteiger partial charge in [-0.15, -0.1) is 0 Å². The molecule has 1 aromatic heterocycles. The van der Waals surface area contributed by atoms with Crippen LogP contribution in [0.1, 0.15) is 36.8 Å². The molecule has 4 nitrogen and oxygen atoms in total. The summed E-state index contributed by atoms with van der Waals surface area (Å²) in [5, 5.41) is 2.93. The lowest BCUT2D eigenvalue weighted by molar-refractivity contribution is -0.115. The Balaban J connectivity index is 1.57. The first-order chi connectivity index (χ1) is 11.7. The van der Waals surface area contributed by atoms with E-state index in [9.17, 15) is 4.79 Å². The highest BCUT2D eigenvalue weighted by molar-refractivity contribution is 5.92. The highest BCUT2D eigenvalue weighted by atomic mass is 16.1. The quantitative estimate of drug-likeness (QED) is 0.926. The molecule has 24 heavy (non-hydrogen) atoms. The van der Waals surface area contributed by atoms with Gasteiger partial charge in [-0.2, -0.15) is 0 Å². The molecule has 1 aliphatic heterocycles. The van der Waals surface area contributed by atoms with E-state index < -0.39 is 0 Å². The highest BCUT2D eigenvalue weighted by Gasteiger charge is 2.11. The number of anilines is 2. The Hall–Kier alpha value is -2.36. The maximum Gasteiger partial charge on any atom is 0.228 e. The number of hydrogen-bond donors (Lipinski definition) is 1. The van der Waals surface area contributed by atoms with Crippen LogP contribution in [0.15, 0.2) is 42.6 Å². The minimum atomic E-state index is -0.0109. The first kappa shape index (κ1) is 16.5. The number of rotatable bonds is 4. The molecule has 1 aliphatic rings. The van der Waals surface area contributed by atoms with Crippen LogP contribution in [0, 0.1) is 6.92 Å². The summed E-state index contributed by atoms with van der Waals surface area (Å²) in [5.41, 5.74) is 2.98. The summed E-state index contributed by atoms with van der Waals surface area (Å²) in [6, 6.07) is 12.0. The van der Waals surface area contributed by atoms with Gasteiger partial charge in [-0.1, -0.05) is 42.7 Å². The van der Waals surface area contributed by atoms with Crippen molar-refractivity contribution in [3.63, 3.8) is 0 Å². The molecule has 2 aromatic rings. The normalized spacial score (nSPS) is 15.0. The number of aryl methyl sites for hydroxylation is 1. The van der Waals surface area contributed by atoms with E-state index in [4.69, 9.17) is 0 Å². The van der Waals surface area contributed by atoms with Gasteiger partial charge in [0.05, 0.1) is 18.3 Å². The number of pyridine rings is 1. The number of carbonyl (C=O) groups excluding carboxylic acids is 1. The van der Waals surface area contributed by atoms with Gasteiger partial charge in [-0.3, -0.25) is 4.79 Å². The smallest absolute Gasteiger partial charge is 0.228 e. The minimum Gasteiger partial charge on any atom is -0.357 e. The molecule has 0 atom stereocenters. The van der Waals surface area contributed by atoms with Crippen molar-refractivity contribution in [2.45, 2.75) is 39.0 Å². The second-order valence-electron chi connectivity index (χ2n) is 6.52. The molecule has 1 saturated heterocycles. The number of aromatic nitrogens is 1.